The van der Waals surface area contributed by atoms with Gasteiger partial charge < -0.3 is 4.74 Å². The molecule has 0 aromatic heterocycles. The number of esters is 1. The third-order valence-corrected chi connectivity index (χ3v) is 6.18. The zero-order chi connectivity index (χ0) is 15.3. The maximum absolute atomic E-state index is 12.2. The summed E-state index contributed by atoms with van der Waals surface area (Å²) in [5.41, 5.74) is 0.563. The standard InChI is InChI=1S/C18H22O3/c1-17(2)13-9-10-18(17,3)14(11-13)21-16(20)15(19)12-7-5-4-6-8-12/h4-8,13-14H,9-11H2,1-3H3/t13-,14+,18+/m0/s1. The second-order valence-corrected chi connectivity index (χ2v) is 7.20. The van der Waals surface area contributed by atoms with Crippen LogP contribution in [0.3, 0.4) is 0 Å². The highest BCUT2D eigenvalue weighted by Crippen LogP contribution is 2.66. The molecule has 1 aromatic rings. The first-order chi connectivity index (χ1) is 9.86. The SMILES string of the molecule is CC1(C)[C@H]2CC[C@]1(C)[C@H](OC(=O)C(=O)c1ccccc1)C2. The molecule has 3 atom stereocenters. The molecule has 2 aliphatic carbocycles. The van der Waals surface area contributed by atoms with Gasteiger partial charge >= 0.3 is 5.97 Å². The first-order valence-electron chi connectivity index (χ1n) is 7.66. The fraction of sp³-hybridized carbons (Fsp3) is 0.556. The number of fused-ring (bicyclic) bond motifs is 2. The molecule has 0 saturated heterocycles. The number of rotatable bonds is 3. The minimum absolute atomic E-state index is 0.00963. The number of hydrogen-bond donors (Lipinski definition) is 0. The lowest BCUT2D eigenvalue weighted by molar-refractivity contribution is -0.150. The molecule has 0 spiro atoms. The summed E-state index contributed by atoms with van der Waals surface area (Å²) in [6, 6.07) is 8.62. The summed E-state index contributed by atoms with van der Waals surface area (Å²) in [4.78, 5) is 24.3. The summed E-state index contributed by atoms with van der Waals surface area (Å²) < 4.78 is 5.61. The van der Waals surface area contributed by atoms with Crippen molar-refractivity contribution >= 4 is 11.8 Å². The largest absolute Gasteiger partial charge is 0.456 e. The van der Waals surface area contributed by atoms with Crippen molar-refractivity contribution < 1.29 is 14.3 Å². The van der Waals surface area contributed by atoms with Crippen LogP contribution in [-0.4, -0.2) is 17.9 Å². The van der Waals surface area contributed by atoms with Gasteiger partial charge in [0.15, 0.2) is 0 Å². The molecule has 2 fully saturated rings. The molecule has 0 amide bonds. The first-order valence-corrected chi connectivity index (χ1v) is 7.66. The highest BCUT2D eigenvalue weighted by molar-refractivity contribution is 6.40. The maximum atomic E-state index is 12.2. The summed E-state index contributed by atoms with van der Waals surface area (Å²) in [6.07, 6.45) is 3.02. The lowest BCUT2D eigenvalue weighted by Crippen LogP contribution is -2.39. The predicted molar refractivity (Wildman–Crippen MR) is 79.9 cm³/mol. The van der Waals surface area contributed by atoms with E-state index in [1.165, 1.54) is 6.42 Å². The zero-order valence-corrected chi connectivity index (χ0v) is 12.9. The van der Waals surface area contributed by atoms with E-state index in [1.54, 1.807) is 24.3 Å². The third kappa shape index (κ3) is 2.02. The van der Waals surface area contributed by atoms with Gasteiger partial charge in [0.2, 0.25) is 0 Å². The van der Waals surface area contributed by atoms with E-state index >= 15 is 0 Å². The van der Waals surface area contributed by atoms with Crippen molar-refractivity contribution in [3.8, 4) is 0 Å². The number of hydrogen-bond acceptors (Lipinski definition) is 3. The van der Waals surface area contributed by atoms with Gasteiger partial charge in [-0.3, -0.25) is 4.79 Å². The Kier molecular flexibility index (Phi) is 3.19. The van der Waals surface area contributed by atoms with E-state index in [9.17, 15) is 9.59 Å². The Balaban J connectivity index is 1.74. The normalized spacial score (nSPS) is 32.9. The minimum atomic E-state index is -0.712. The molecule has 3 rings (SSSR count). The van der Waals surface area contributed by atoms with E-state index in [2.05, 4.69) is 20.8 Å². The van der Waals surface area contributed by atoms with Gasteiger partial charge in [0.1, 0.15) is 6.10 Å². The average molecular weight is 286 g/mol. The number of ketones is 1. The van der Waals surface area contributed by atoms with Crippen molar-refractivity contribution in [2.75, 3.05) is 0 Å². The Morgan fingerprint density at radius 2 is 1.81 bits per heavy atom. The fourth-order valence-electron chi connectivity index (χ4n) is 4.20. The predicted octanol–water partition coefficient (Wildman–Crippen LogP) is 3.63. The average Bonchev–Trinajstić information content (AvgIpc) is 2.80. The van der Waals surface area contributed by atoms with Crippen LogP contribution in [0.2, 0.25) is 0 Å². The smallest absolute Gasteiger partial charge is 0.379 e. The van der Waals surface area contributed by atoms with E-state index in [0.29, 0.717) is 11.5 Å². The quantitative estimate of drug-likeness (QED) is 0.484. The lowest BCUT2D eigenvalue weighted by atomic mass is 9.70. The summed E-state index contributed by atoms with van der Waals surface area (Å²) >= 11 is 0. The Hall–Kier alpha value is -1.64. The van der Waals surface area contributed by atoms with Gasteiger partial charge in [-0.1, -0.05) is 51.1 Å². The molecular weight excluding hydrogens is 264 g/mol. The summed E-state index contributed by atoms with van der Waals surface area (Å²) in [6.45, 7) is 6.72. The van der Waals surface area contributed by atoms with Crippen LogP contribution in [0.4, 0.5) is 0 Å². The van der Waals surface area contributed by atoms with Gasteiger partial charge in [-0.25, -0.2) is 4.79 Å². The van der Waals surface area contributed by atoms with Crippen molar-refractivity contribution in [3.05, 3.63) is 35.9 Å². The van der Waals surface area contributed by atoms with Crippen LogP contribution < -0.4 is 0 Å². The molecule has 0 N–H and O–H groups in total. The maximum Gasteiger partial charge on any atom is 0.379 e. The molecule has 21 heavy (non-hydrogen) atoms. The highest BCUT2D eigenvalue weighted by atomic mass is 16.5. The van der Waals surface area contributed by atoms with Crippen LogP contribution >= 0.6 is 0 Å². The van der Waals surface area contributed by atoms with E-state index < -0.39 is 11.8 Å². The molecule has 0 radical (unpaired) electrons. The minimum Gasteiger partial charge on any atom is -0.456 e. The van der Waals surface area contributed by atoms with E-state index in [1.807, 2.05) is 6.07 Å². The highest BCUT2D eigenvalue weighted by Gasteiger charge is 2.63. The van der Waals surface area contributed by atoms with Crippen molar-refractivity contribution in [1.29, 1.82) is 0 Å². The molecule has 3 heteroatoms. The summed E-state index contributed by atoms with van der Waals surface area (Å²) in [5, 5.41) is 0. The third-order valence-electron chi connectivity index (χ3n) is 6.18. The van der Waals surface area contributed by atoms with E-state index in [-0.39, 0.29) is 16.9 Å². The molecular formula is C18H22O3. The molecule has 1 aromatic carbocycles. The van der Waals surface area contributed by atoms with Gasteiger partial charge in [0.05, 0.1) is 0 Å². The van der Waals surface area contributed by atoms with Crippen molar-refractivity contribution in [2.24, 2.45) is 16.7 Å². The molecule has 0 aliphatic heterocycles. The van der Waals surface area contributed by atoms with Gasteiger partial charge in [0.25, 0.3) is 5.78 Å². The topological polar surface area (TPSA) is 43.4 Å². The molecule has 0 heterocycles. The van der Waals surface area contributed by atoms with Gasteiger partial charge in [-0.05, 0) is 30.6 Å². The van der Waals surface area contributed by atoms with Crippen LogP contribution in [0, 0.1) is 16.7 Å². The van der Waals surface area contributed by atoms with Crippen molar-refractivity contribution in [3.63, 3.8) is 0 Å². The van der Waals surface area contributed by atoms with Crippen molar-refractivity contribution in [2.45, 2.75) is 46.1 Å². The molecule has 2 bridgehead atoms. The zero-order valence-electron chi connectivity index (χ0n) is 12.9. The number of carbonyl (C=O) groups excluding carboxylic acids is 2. The lowest BCUT2D eigenvalue weighted by Gasteiger charge is -2.38. The number of benzene rings is 1. The molecule has 2 aliphatic rings. The number of carbonyl (C=O) groups is 2. The van der Waals surface area contributed by atoms with Crippen LogP contribution in [0.25, 0.3) is 0 Å². The van der Waals surface area contributed by atoms with Crippen LogP contribution in [0.5, 0.6) is 0 Å². The summed E-state index contributed by atoms with van der Waals surface area (Å²) in [5.74, 6) is -0.664. The molecule has 2 saturated carbocycles. The monoisotopic (exact) mass is 286 g/mol. The second-order valence-electron chi connectivity index (χ2n) is 7.20. The Labute approximate surface area is 125 Å². The van der Waals surface area contributed by atoms with Gasteiger partial charge in [-0.15, -0.1) is 0 Å². The van der Waals surface area contributed by atoms with Gasteiger partial charge in [-0.2, -0.15) is 0 Å². The number of ether oxygens (including phenoxy) is 1. The molecule has 112 valence electrons. The van der Waals surface area contributed by atoms with E-state index in [0.717, 1.165) is 12.8 Å². The van der Waals surface area contributed by atoms with Crippen LogP contribution in [0.15, 0.2) is 30.3 Å². The molecule has 0 unspecified atom stereocenters. The van der Waals surface area contributed by atoms with Gasteiger partial charge in [0, 0.05) is 11.0 Å². The second kappa shape index (κ2) is 4.69. The molecule has 3 nitrogen and oxygen atoms in total. The fourth-order valence-corrected chi connectivity index (χ4v) is 4.20. The Bertz CT molecular complexity index is 575. The van der Waals surface area contributed by atoms with Crippen LogP contribution in [-0.2, 0) is 9.53 Å². The number of Topliss-reactive ketones (excluding diaryl/α,β-unsaturated/α-hetero) is 1. The van der Waals surface area contributed by atoms with Crippen LogP contribution in [0.1, 0.15) is 50.4 Å². The Morgan fingerprint density at radius 3 is 2.33 bits per heavy atom. The van der Waals surface area contributed by atoms with Crippen molar-refractivity contribution in [1.82, 2.24) is 0 Å². The summed E-state index contributed by atoms with van der Waals surface area (Å²) in [7, 11) is 0. The first kappa shape index (κ1) is 14.3. The van der Waals surface area contributed by atoms with E-state index in [4.69, 9.17) is 4.74 Å². The Morgan fingerprint density at radius 1 is 1.14 bits per heavy atom.